The van der Waals surface area contributed by atoms with Gasteiger partial charge in [0.1, 0.15) is 5.82 Å². The Hall–Kier alpha value is -2.94. The lowest BCUT2D eigenvalue weighted by molar-refractivity contribution is 0.0781. The molecule has 2 aliphatic heterocycles. The number of aliphatic hydroxyl groups excluding tert-OH is 1. The Labute approximate surface area is 209 Å². The molecule has 3 N–H and O–H groups in total. The fourth-order valence-electron chi connectivity index (χ4n) is 4.93. The molecule has 3 aromatic rings. The van der Waals surface area contributed by atoms with Gasteiger partial charge in [-0.1, -0.05) is 42.5 Å². The molecule has 1 saturated heterocycles. The third-order valence-electron chi connectivity index (χ3n) is 6.80. The molecule has 182 valence electrons. The molecular formula is C27H30N4O3S. The van der Waals surface area contributed by atoms with Crippen molar-refractivity contribution in [1.82, 2.24) is 20.2 Å². The first-order valence-electron chi connectivity index (χ1n) is 12.1. The van der Waals surface area contributed by atoms with Gasteiger partial charge in [0.05, 0.1) is 23.2 Å². The number of carbonyl (C=O) groups excluding carboxylic acids is 1. The normalized spacial score (nSPS) is 19.9. The lowest BCUT2D eigenvalue weighted by Crippen LogP contribution is -2.35. The quantitative estimate of drug-likeness (QED) is 0.471. The fourth-order valence-corrected chi connectivity index (χ4v) is 5.93. The van der Waals surface area contributed by atoms with Gasteiger partial charge in [-0.25, -0.2) is 4.98 Å². The highest BCUT2D eigenvalue weighted by atomic mass is 32.2. The average Bonchev–Trinajstić information content (AvgIpc) is 3.54. The molecule has 0 unspecified atom stereocenters. The van der Waals surface area contributed by atoms with Crippen LogP contribution in [0, 0.1) is 0 Å². The van der Waals surface area contributed by atoms with Gasteiger partial charge in [0.25, 0.3) is 11.5 Å². The van der Waals surface area contributed by atoms with Crippen LogP contribution in [-0.4, -0.2) is 50.8 Å². The number of hydrogen-bond donors (Lipinski definition) is 3. The van der Waals surface area contributed by atoms with Gasteiger partial charge in [-0.3, -0.25) is 9.59 Å². The Morgan fingerprint density at radius 2 is 1.94 bits per heavy atom. The molecule has 2 aliphatic rings. The number of thioether (sulfide) groups is 1. The van der Waals surface area contributed by atoms with E-state index in [4.69, 9.17) is 0 Å². The van der Waals surface area contributed by atoms with Crippen LogP contribution in [0.1, 0.15) is 51.9 Å². The average molecular weight is 491 g/mol. The van der Waals surface area contributed by atoms with Crippen LogP contribution in [-0.2, 0) is 19.4 Å². The molecule has 0 radical (unpaired) electrons. The van der Waals surface area contributed by atoms with Crippen molar-refractivity contribution >= 4 is 17.7 Å². The summed E-state index contributed by atoms with van der Waals surface area (Å²) in [6, 6.07) is 17.8. The zero-order valence-corrected chi connectivity index (χ0v) is 20.6. The molecule has 0 spiro atoms. The van der Waals surface area contributed by atoms with Crippen molar-refractivity contribution in [3.05, 3.63) is 93.2 Å². The number of rotatable bonds is 7. The maximum atomic E-state index is 12.9. The first-order chi connectivity index (χ1) is 17.0. The van der Waals surface area contributed by atoms with Gasteiger partial charge < -0.3 is 20.3 Å². The largest absolute Gasteiger partial charge is 0.387 e. The second-order valence-corrected chi connectivity index (χ2v) is 10.5. The van der Waals surface area contributed by atoms with E-state index >= 15 is 0 Å². The summed E-state index contributed by atoms with van der Waals surface area (Å²) < 4.78 is 0. The van der Waals surface area contributed by atoms with Crippen molar-refractivity contribution in [2.45, 2.75) is 55.3 Å². The lowest BCUT2D eigenvalue weighted by Gasteiger charge is -2.20. The summed E-state index contributed by atoms with van der Waals surface area (Å²) in [4.78, 5) is 34.8. The van der Waals surface area contributed by atoms with Crippen molar-refractivity contribution in [1.29, 1.82) is 0 Å². The summed E-state index contributed by atoms with van der Waals surface area (Å²) in [5.74, 6) is 1.28. The zero-order chi connectivity index (χ0) is 24.4. The van der Waals surface area contributed by atoms with Crippen LogP contribution in [0.4, 0.5) is 0 Å². The Balaban J connectivity index is 1.16. The molecule has 1 amide bonds. The molecule has 3 atom stereocenters. The molecule has 0 saturated carbocycles. The van der Waals surface area contributed by atoms with Gasteiger partial charge >= 0.3 is 0 Å². The SMILES string of the molecule is CN(Cc1nc2c(c(=O)[nH]1)SCC2)C(=O)c1ccc(C[C@@H]2CC[C@H]([C@H](O)c3ccccc3)N2)cc1. The van der Waals surface area contributed by atoms with E-state index in [-0.39, 0.29) is 24.1 Å². The predicted molar refractivity (Wildman–Crippen MR) is 137 cm³/mol. The predicted octanol–water partition coefficient (Wildman–Crippen LogP) is 3.09. The van der Waals surface area contributed by atoms with Crippen LogP contribution < -0.4 is 10.9 Å². The summed E-state index contributed by atoms with van der Waals surface area (Å²) in [6.07, 6.45) is 3.06. The van der Waals surface area contributed by atoms with Crippen molar-refractivity contribution in [3.8, 4) is 0 Å². The second kappa shape index (κ2) is 10.4. The maximum absolute atomic E-state index is 12.9. The third-order valence-corrected chi connectivity index (χ3v) is 7.91. The van der Waals surface area contributed by atoms with Crippen LogP contribution in [0.5, 0.6) is 0 Å². The summed E-state index contributed by atoms with van der Waals surface area (Å²) in [7, 11) is 1.72. The molecule has 35 heavy (non-hydrogen) atoms. The van der Waals surface area contributed by atoms with Gasteiger partial charge in [0.2, 0.25) is 0 Å². The molecule has 0 bridgehead atoms. The van der Waals surface area contributed by atoms with E-state index < -0.39 is 6.10 Å². The monoisotopic (exact) mass is 490 g/mol. The number of hydrogen-bond acceptors (Lipinski definition) is 6. The van der Waals surface area contributed by atoms with E-state index in [1.165, 1.54) is 11.8 Å². The molecular weight excluding hydrogens is 460 g/mol. The number of nitrogens with one attached hydrogen (secondary N) is 2. The van der Waals surface area contributed by atoms with Crippen LogP contribution in [0.15, 0.2) is 64.3 Å². The number of benzene rings is 2. The van der Waals surface area contributed by atoms with Gasteiger partial charge in [0.15, 0.2) is 0 Å². The van der Waals surface area contributed by atoms with Crippen LogP contribution >= 0.6 is 11.8 Å². The second-order valence-electron chi connectivity index (χ2n) is 9.35. The van der Waals surface area contributed by atoms with E-state index in [1.54, 1.807) is 11.9 Å². The number of H-pyrrole nitrogens is 1. The highest BCUT2D eigenvalue weighted by Crippen LogP contribution is 2.27. The van der Waals surface area contributed by atoms with Gasteiger partial charge in [-0.15, -0.1) is 11.8 Å². The number of nitrogens with zero attached hydrogens (tertiary/aromatic N) is 2. The van der Waals surface area contributed by atoms with Crippen LogP contribution in [0.3, 0.4) is 0 Å². The number of aryl methyl sites for hydroxylation is 1. The molecule has 3 heterocycles. The Bertz CT molecular complexity index is 1250. The third kappa shape index (κ3) is 5.34. The molecule has 1 aromatic heterocycles. The summed E-state index contributed by atoms with van der Waals surface area (Å²) in [6.45, 7) is 0.255. The minimum atomic E-state index is -0.509. The number of aromatic nitrogens is 2. The minimum absolute atomic E-state index is 0.0507. The number of aliphatic hydroxyl groups is 1. The smallest absolute Gasteiger partial charge is 0.264 e. The van der Waals surface area contributed by atoms with Gasteiger partial charge in [0, 0.05) is 36.9 Å². The topological polar surface area (TPSA) is 98.3 Å². The molecule has 0 aliphatic carbocycles. The molecule has 2 aromatic carbocycles. The summed E-state index contributed by atoms with van der Waals surface area (Å²) >= 11 is 1.53. The maximum Gasteiger partial charge on any atom is 0.264 e. The van der Waals surface area contributed by atoms with Crippen LogP contribution in [0.25, 0.3) is 0 Å². The zero-order valence-electron chi connectivity index (χ0n) is 19.7. The fraction of sp³-hybridized carbons (Fsp3) is 0.370. The van der Waals surface area contributed by atoms with Gasteiger partial charge in [-0.2, -0.15) is 0 Å². The van der Waals surface area contributed by atoms with Crippen molar-refractivity contribution in [2.24, 2.45) is 0 Å². The first kappa shape index (κ1) is 23.8. The number of aromatic amines is 1. The summed E-state index contributed by atoms with van der Waals surface area (Å²) in [5, 5.41) is 14.3. The standard InChI is InChI=1S/C27H30N4O3S/c1-31(16-23-29-22-13-14-35-25(22)26(33)30-23)27(34)19-9-7-17(8-10-19)15-20-11-12-21(28-20)24(32)18-5-3-2-4-6-18/h2-10,20-21,24,28,32H,11-16H2,1H3,(H,29,30,33)/t20-,21+,24+/m0/s1. The Kier molecular flexibility index (Phi) is 7.04. The van der Waals surface area contributed by atoms with Crippen molar-refractivity contribution in [2.75, 3.05) is 12.8 Å². The van der Waals surface area contributed by atoms with E-state index in [2.05, 4.69) is 15.3 Å². The molecule has 5 rings (SSSR count). The number of carbonyl (C=O) groups is 1. The highest BCUT2D eigenvalue weighted by Gasteiger charge is 2.30. The number of fused-ring (bicyclic) bond motifs is 1. The number of amides is 1. The Morgan fingerprint density at radius 3 is 2.71 bits per heavy atom. The van der Waals surface area contributed by atoms with Crippen molar-refractivity contribution in [3.63, 3.8) is 0 Å². The molecule has 7 nitrogen and oxygen atoms in total. The van der Waals surface area contributed by atoms with E-state index in [0.29, 0.717) is 22.3 Å². The lowest BCUT2D eigenvalue weighted by atomic mass is 10.0. The first-order valence-corrected chi connectivity index (χ1v) is 13.0. The van der Waals surface area contributed by atoms with E-state index in [9.17, 15) is 14.7 Å². The summed E-state index contributed by atoms with van der Waals surface area (Å²) in [5.41, 5.74) is 3.41. The Morgan fingerprint density at radius 1 is 1.17 bits per heavy atom. The molecule has 8 heteroatoms. The van der Waals surface area contributed by atoms with E-state index in [1.807, 2.05) is 54.6 Å². The highest BCUT2D eigenvalue weighted by molar-refractivity contribution is 7.99. The minimum Gasteiger partial charge on any atom is -0.387 e. The van der Waals surface area contributed by atoms with Gasteiger partial charge in [-0.05, 0) is 42.5 Å². The van der Waals surface area contributed by atoms with Crippen molar-refractivity contribution < 1.29 is 9.90 Å². The van der Waals surface area contributed by atoms with Crippen LogP contribution in [0.2, 0.25) is 0 Å². The van der Waals surface area contributed by atoms with E-state index in [0.717, 1.165) is 48.3 Å². The molecule has 1 fully saturated rings.